The molecule has 3 aromatic carbocycles. The van der Waals surface area contributed by atoms with Crippen molar-refractivity contribution in [1.82, 2.24) is 5.06 Å². The van der Waals surface area contributed by atoms with Gasteiger partial charge < -0.3 is 4.84 Å². The van der Waals surface area contributed by atoms with Crippen LogP contribution in [0.5, 0.6) is 0 Å². The van der Waals surface area contributed by atoms with Gasteiger partial charge in [0.1, 0.15) is 0 Å². The van der Waals surface area contributed by atoms with E-state index in [1.807, 2.05) is 30.3 Å². The Hall–Kier alpha value is -3.44. The lowest BCUT2D eigenvalue weighted by atomic mass is 10.0. The average molecular weight is 378 g/mol. The lowest BCUT2D eigenvalue weighted by Gasteiger charge is -2.14. The number of benzene rings is 3. The third kappa shape index (κ3) is 2.98. The van der Waals surface area contributed by atoms with Crippen LogP contribution in [-0.2, 0) is 4.84 Å². The van der Waals surface area contributed by atoms with Gasteiger partial charge in [0.2, 0.25) is 0 Å². The van der Waals surface area contributed by atoms with Gasteiger partial charge in [0, 0.05) is 0 Å². The van der Waals surface area contributed by atoms with Crippen LogP contribution in [0.3, 0.4) is 0 Å². The molecular formula is C21H12ClNO4. The summed E-state index contributed by atoms with van der Waals surface area (Å²) in [7, 11) is 0. The van der Waals surface area contributed by atoms with Crippen molar-refractivity contribution in [1.29, 1.82) is 0 Å². The number of carbonyl (C=O) groups excluding carboxylic acids is 3. The first-order chi connectivity index (χ1) is 13.1. The van der Waals surface area contributed by atoms with Gasteiger partial charge in [0.25, 0.3) is 11.8 Å². The molecule has 3 aromatic rings. The molecule has 1 aliphatic rings. The molecular weight excluding hydrogens is 366 g/mol. The number of nitrogens with zero attached hydrogens (tertiary/aromatic N) is 1. The Labute approximate surface area is 159 Å². The molecule has 0 aromatic heterocycles. The minimum absolute atomic E-state index is 0.0644. The highest BCUT2D eigenvalue weighted by molar-refractivity contribution is 6.33. The molecule has 4 rings (SSSR count). The Bertz CT molecular complexity index is 1040. The van der Waals surface area contributed by atoms with Gasteiger partial charge in [-0.05, 0) is 35.4 Å². The molecule has 0 N–H and O–H groups in total. The highest BCUT2D eigenvalue weighted by Crippen LogP contribution is 2.28. The van der Waals surface area contributed by atoms with Gasteiger partial charge in [-0.1, -0.05) is 65.2 Å². The molecule has 0 atom stereocenters. The minimum atomic E-state index is -0.882. The molecule has 2 amide bonds. The molecule has 6 heteroatoms. The van der Waals surface area contributed by atoms with E-state index in [9.17, 15) is 14.4 Å². The molecule has 0 spiro atoms. The fourth-order valence-electron chi connectivity index (χ4n) is 2.87. The summed E-state index contributed by atoms with van der Waals surface area (Å²) in [5.74, 6) is -2.24. The SMILES string of the molecule is O=C(ON1C(=O)c2ccccc2C1=O)c1cc(-c2ccccc2)ccc1Cl. The lowest BCUT2D eigenvalue weighted by molar-refractivity contribution is -0.0584. The van der Waals surface area contributed by atoms with E-state index in [1.54, 1.807) is 30.3 Å². The van der Waals surface area contributed by atoms with Crippen LogP contribution in [0.2, 0.25) is 5.02 Å². The Morgan fingerprint density at radius 1 is 0.778 bits per heavy atom. The number of amides is 2. The molecule has 132 valence electrons. The van der Waals surface area contributed by atoms with Crippen molar-refractivity contribution in [3.05, 3.63) is 94.5 Å². The van der Waals surface area contributed by atoms with E-state index in [0.717, 1.165) is 11.1 Å². The molecule has 1 heterocycles. The summed E-state index contributed by atoms with van der Waals surface area (Å²) >= 11 is 6.14. The van der Waals surface area contributed by atoms with Crippen LogP contribution >= 0.6 is 11.6 Å². The van der Waals surface area contributed by atoms with Crippen molar-refractivity contribution in [3.63, 3.8) is 0 Å². The Kier molecular flexibility index (Phi) is 4.22. The third-order valence-corrected chi connectivity index (χ3v) is 4.55. The molecule has 0 fully saturated rings. The third-order valence-electron chi connectivity index (χ3n) is 4.22. The number of fused-ring (bicyclic) bond motifs is 1. The van der Waals surface area contributed by atoms with E-state index in [1.165, 1.54) is 12.1 Å². The van der Waals surface area contributed by atoms with Crippen molar-refractivity contribution in [2.24, 2.45) is 0 Å². The van der Waals surface area contributed by atoms with Gasteiger partial charge in [-0.15, -0.1) is 0 Å². The van der Waals surface area contributed by atoms with Crippen LogP contribution < -0.4 is 0 Å². The van der Waals surface area contributed by atoms with Crippen molar-refractivity contribution in [2.75, 3.05) is 0 Å². The topological polar surface area (TPSA) is 63.7 Å². The minimum Gasteiger partial charge on any atom is -0.324 e. The van der Waals surface area contributed by atoms with Crippen LogP contribution in [0.25, 0.3) is 11.1 Å². The maximum atomic E-state index is 12.6. The zero-order valence-corrected chi connectivity index (χ0v) is 14.6. The molecule has 0 unspecified atom stereocenters. The smallest absolute Gasteiger partial charge is 0.324 e. The average Bonchev–Trinajstić information content (AvgIpc) is 2.94. The van der Waals surface area contributed by atoms with Gasteiger partial charge in [-0.3, -0.25) is 9.59 Å². The molecule has 0 aliphatic carbocycles. The molecule has 0 bridgehead atoms. The first-order valence-corrected chi connectivity index (χ1v) is 8.49. The zero-order chi connectivity index (χ0) is 19.0. The van der Waals surface area contributed by atoms with Crippen LogP contribution in [0.1, 0.15) is 31.1 Å². The second-order valence-corrected chi connectivity index (χ2v) is 6.30. The van der Waals surface area contributed by atoms with Crippen LogP contribution in [0.4, 0.5) is 0 Å². The van der Waals surface area contributed by atoms with Gasteiger partial charge in [0.15, 0.2) is 0 Å². The number of rotatable bonds is 3. The van der Waals surface area contributed by atoms with E-state index in [2.05, 4.69) is 0 Å². The maximum Gasteiger partial charge on any atom is 0.365 e. The normalized spacial score (nSPS) is 12.9. The quantitative estimate of drug-likeness (QED) is 0.635. The first kappa shape index (κ1) is 17.0. The molecule has 5 nitrogen and oxygen atoms in total. The maximum absolute atomic E-state index is 12.6. The molecule has 27 heavy (non-hydrogen) atoms. The molecule has 1 aliphatic heterocycles. The largest absolute Gasteiger partial charge is 0.365 e. The number of hydrogen-bond donors (Lipinski definition) is 0. The van der Waals surface area contributed by atoms with E-state index in [-0.39, 0.29) is 21.7 Å². The lowest BCUT2D eigenvalue weighted by Crippen LogP contribution is -2.32. The Morgan fingerprint density at radius 2 is 1.37 bits per heavy atom. The number of halogens is 1. The summed E-state index contributed by atoms with van der Waals surface area (Å²) in [6.07, 6.45) is 0. The van der Waals surface area contributed by atoms with Gasteiger partial charge in [-0.25, -0.2) is 4.79 Å². The fraction of sp³-hybridized carbons (Fsp3) is 0. The van der Waals surface area contributed by atoms with Gasteiger partial charge in [-0.2, -0.15) is 0 Å². The van der Waals surface area contributed by atoms with E-state index in [4.69, 9.17) is 16.4 Å². The fourth-order valence-corrected chi connectivity index (χ4v) is 3.07. The predicted octanol–water partition coefficient (Wildman–Crippen LogP) is 4.38. The van der Waals surface area contributed by atoms with E-state index < -0.39 is 17.8 Å². The molecule has 0 saturated heterocycles. The van der Waals surface area contributed by atoms with Crippen molar-refractivity contribution in [2.45, 2.75) is 0 Å². The van der Waals surface area contributed by atoms with E-state index >= 15 is 0 Å². The van der Waals surface area contributed by atoms with Crippen LogP contribution in [-0.4, -0.2) is 22.8 Å². The number of hydrogen-bond acceptors (Lipinski definition) is 4. The Balaban J connectivity index is 1.63. The summed E-state index contributed by atoms with van der Waals surface area (Å²) in [6.45, 7) is 0. The zero-order valence-electron chi connectivity index (χ0n) is 13.9. The number of imide groups is 1. The highest BCUT2D eigenvalue weighted by Gasteiger charge is 2.39. The second kappa shape index (κ2) is 6.70. The first-order valence-electron chi connectivity index (χ1n) is 8.11. The summed E-state index contributed by atoms with van der Waals surface area (Å²) in [5, 5.41) is 0.634. The highest BCUT2D eigenvalue weighted by atomic mass is 35.5. The van der Waals surface area contributed by atoms with E-state index in [0.29, 0.717) is 5.06 Å². The van der Waals surface area contributed by atoms with Crippen LogP contribution in [0.15, 0.2) is 72.8 Å². The van der Waals surface area contributed by atoms with Crippen molar-refractivity contribution in [3.8, 4) is 11.1 Å². The van der Waals surface area contributed by atoms with Crippen molar-refractivity contribution < 1.29 is 19.2 Å². The second-order valence-electron chi connectivity index (χ2n) is 5.89. The summed E-state index contributed by atoms with van der Waals surface area (Å²) in [6, 6.07) is 20.6. The Morgan fingerprint density at radius 3 is 2.00 bits per heavy atom. The number of hydroxylamine groups is 2. The summed E-state index contributed by atoms with van der Waals surface area (Å²) < 4.78 is 0. The monoisotopic (exact) mass is 377 g/mol. The van der Waals surface area contributed by atoms with Gasteiger partial charge >= 0.3 is 5.97 Å². The number of carbonyl (C=O) groups is 3. The van der Waals surface area contributed by atoms with Gasteiger partial charge in [0.05, 0.1) is 21.7 Å². The predicted molar refractivity (Wildman–Crippen MR) is 99.2 cm³/mol. The van der Waals surface area contributed by atoms with Crippen molar-refractivity contribution >= 4 is 29.4 Å². The standard InChI is InChI=1S/C21H12ClNO4/c22-18-11-10-14(13-6-2-1-3-7-13)12-17(18)21(26)27-23-19(24)15-8-4-5-9-16(15)20(23)25/h1-12H. The van der Waals surface area contributed by atoms with Crippen LogP contribution in [0, 0.1) is 0 Å². The molecule has 0 radical (unpaired) electrons. The summed E-state index contributed by atoms with van der Waals surface area (Å²) in [5.41, 5.74) is 2.10. The summed E-state index contributed by atoms with van der Waals surface area (Å²) in [4.78, 5) is 42.4. The molecule has 0 saturated carbocycles.